The van der Waals surface area contributed by atoms with E-state index in [0.717, 1.165) is 5.56 Å². The Morgan fingerprint density at radius 2 is 1.81 bits per heavy atom. The lowest BCUT2D eigenvalue weighted by Crippen LogP contribution is -2.35. The predicted molar refractivity (Wildman–Crippen MR) is 96.5 cm³/mol. The first-order valence-corrected chi connectivity index (χ1v) is 9.44. The Bertz CT molecular complexity index is 807. The molecular weight excluding hydrogens is 357 g/mol. The summed E-state index contributed by atoms with van der Waals surface area (Å²) in [4.78, 5) is 24.8. The molecule has 1 amide bonds. The van der Waals surface area contributed by atoms with Gasteiger partial charge >= 0.3 is 5.97 Å². The van der Waals surface area contributed by atoms with Gasteiger partial charge in [0.1, 0.15) is 5.82 Å². The number of hydrogen-bond acceptors (Lipinski definition) is 4. The summed E-state index contributed by atoms with van der Waals surface area (Å²) in [6.45, 7) is 3.40. The average molecular weight is 377 g/mol. The summed E-state index contributed by atoms with van der Waals surface area (Å²) in [5, 5.41) is 2.62. The third-order valence-corrected chi connectivity index (χ3v) is 5.02. The maximum Gasteiger partial charge on any atom is 0.340 e. The summed E-state index contributed by atoms with van der Waals surface area (Å²) >= 11 is 0. The van der Waals surface area contributed by atoms with E-state index in [9.17, 15) is 18.2 Å². The van der Waals surface area contributed by atoms with E-state index in [1.807, 2.05) is 0 Å². The molecule has 0 aliphatic heterocycles. The topological polar surface area (TPSA) is 72.5 Å². The van der Waals surface area contributed by atoms with Crippen molar-refractivity contribution >= 4 is 22.7 Å². The van der Waals surface area contributed by atoms with Crippen LogP contribution in [0.15, 0.2) is 53.4 Å². The number of rotatable bonds is 7. The van der Waals surface area contributed by atoms with Crippen molar-refractivity contribution in [2.75, 3.05) is 5.75 Å². The van der Waals surface area contributed by atoms with Gasteiger partial charge in [0.25, 0.3) is 5.91 Å². The molecule has 0 heterocycles. The number of carbonyl (C=O) groups is 2. The highest BCUT2D eigenvalue weighted by atomic mass is 32.2. The lowest BCUT2D eigenvalue weighted by atomic mass is 10.2. The molecule has 2 aromatic carbocycles. The summed E-state index contributed by atoms with van der Waals surface area (Å²) in [5.74, 6) is -1.16. The first-order chi connectivity index (χ1) is 12.4. The molecule has 0 aromatic heterocycles. The van der Waals surface area contributed by atoms with Crippen molar-refractivity contribution in [3.63, 3.8) is 0 Å². The van der Waals surface area contributed by atoms with Gasteiger partial charge in [-0.2, -0.15) is 0 Å². The van der Waals surface area contributed by atoms with E-state index in [2.05, 4.69) is 5.32 Å². The average Bonchev–Trinajstić information content (AvgIpc) is 2.66. The molecule has 0 bridgehead atoms. The molecule has 0 fully saturated rings. The van der Waals surface area contributed by atoms with Crippen LogP contribution in [0.4, 0.5) is 4.39 Å². The molecule has 0 unspecified atom stereocenters. The standard InChI is InChI=1S/C19H20FNO4S/c1-3-26(24)17-7-5-4-6-16(17)19(23)25-13(2)18(22)21-12-14-8-10-15(20)11-9-14/h4-11,13H,3,12H2,1-2H3,(H,21,22)/t13-,26+/m0/s1. The highest BCUT2D eigenvalue weighted by molar-refractivity contribution is 7.85. The van der Waals surface area contributed by atoms with Crippen molar-refractivity contribution in [2.45, 2.75) is 31.4 Å². The highest BCUT2D eigenvalue weighted by Crippen LogP contribution is 2.16. The molecule has 0 spiro atoms. The second-order valence-corrected chi connectivity index (χ2v) is 7.23. The fourth-order valence-electron chi connectivity index (χ4n) is 2.20. The zero-order chi connectivity index (χ0) is 19.1. The van der Waals surface area contributed by atoms with E-state index in [1.54, 1.807) is 37.3 Å². The minimum absolute atomic E-state index is 0.186. The third-order valence-electron chi connectivity index (χ3n) is 3.65. The number of halogens is 1. The molecule has 0 aliphatic carbocycles. The van der Waals surface area contributed by atoms with Crippen LogP contribution in [0.25, 0.3) is 0 Å². The van der Waals surface area contributed by atoms with Crippen LogP contribution in [0.5, 0.6) is 0 Å². The Labute approximate surface area is 154 Å². The Morgan fingerprint density at radius 1 is 1.15 bits per heavy atom. The molecule has 0 saturated carbocycles. The van der Waals surface area contributed by atoms with Crippen LogP contribution in [0.1, 0.15) is 29.8 Å². The van der Waals surface area contributed by atoms with Gasteiger partial charge in [0.2, 0.25) is 0 Å². The minimum atomic E-state index is -1.31. The van der Waals surface area contributed by atoms with E-state index < -0.39 is 28.8 Å². The van der Waals surface area contributed by atoms with Gasteiger partial charge in [-0.1, -0.05) is 31.2 Å². The van der Waals surface area contributed by atoms with Crippen molar-refractivity contribution in [3.8, 4) is 0 Å². The number of amides is 1. The van der Waals surface area contributed by atoms with Gasteiger partial charge in [-0.3, -0.25) is 9.00 Å². The fraction of sp³-hybridized carbons (Fsp3) is 0.263. The molecule has 2 atom stereocenters. The summed E-state index contributed by atoms with van der Waals surface area (Å²) in [5.41, 5.74) is 0.910. The third kappa shape index (κ3) is 5.23. The SMILES string of the molecule is CC[S@@](=O)c1ccccc1C(=O)O[C@@H](C)C(=O)NCc1ccc(F)cc1. The van der Waals surface area contributed by atoms with Crippen molar-refractivity contribution in [1.82, 2.24) is 5.32 Å². The summed E-state index contributed by atoms with van der Waals surface area (Å²) < 4.78 is 30.1. The lowest BCUT2D eigenvalue weighted by Gasteiger charge is -2.15. The minimum Gasteiger partial charge on any atom is -0.449 e. The number of nitrogens with one attached hydrogen (secondary N) is 1. The van der Waals surface area contributed by atoms with Gasteiger partial charge in [-0.15, -0.1) is 0 Å². The molecule has 5 nitrogen and oxygen atoms in total. The van der Waals surface area contributed by atoms with E-state index in [0.29, 0.717) is 10.6 Å². The van der Waals surface area contributed by atoms with E-state index in [1.165, 1.54) is 25.1 Å². The Balaban J connectivity index is 1.97. The van der Waals surface area contributed by atoms with Gasteiger partial charge in [-0.05, 0) is 36.8 Å². The normalized spacial score (nSPS) is 12.9. The van der Waals surface area contributed by atoms with Crippen LogP contribution < -0.4 is 5.32 Å². The zero-order valence-electron chi connectivity index (χ0n) is 14.5. The van der Waals surface area contributed by atoms with E-state index >= 15 is 0 Å². The molecule has 0 saturated heterocycles. The van der Waals surface area contributed by atoms with Gasteiger partial charge < -0.3 is 10.1 Å². The second kappa shape index (κ2) is 9.24. The van der Waals surface area contributed by atoms with Gasteiger partial charge in [0.05, 0.1) is 21.3 Å². The summed E-state index contributed by atoms with van der Waals surface area (Å²) in [6.07, 6.45) is -1.02. The monoisotopic (exact) mass is 377 g/mol. The second-order valence-electron chi connectivity index (χ2n) is 5.52. The lowest BCUT2D eigenvalue weighted by molar-refractivity contribution is -0.129. The van der Waals surface area contributed by atoms with E-state index in [4.69, 9.17) is 4.74 Å². The summed E-state index contributed by atoms with van der Waals surface area (Å²) in [6, 6.07) is 12.2. The number of carbonyl (C=O) groups excluding carboxylic acids is 2. The number of benzene rings is 2. The van der Waals surface area contributed by atoms with Gasteiger partial charge in [0, 0.05) is 12.3 Å². The maximum atomic E-state index is 12.9. The van der Waals surface area contributed by atoms with Crippen LogP contribution in [-0.4, -0.2) is 27.9 Å². The number of esters is 1. The molecule has 2 rings (SSSR count). The summed E-state index contributed by atoms with van der Waals surface area (Å²) in [7, 11) is -1.31. The van der Waals surface area contributed by atoms with E-state index in [-0.39, 0.29) is 17.9 Å². The van der Waals surface area contributed by atoms with Crippen molar-refractivity contribution in [3.05, 3.63) is 65.5 Å². The first kappa shape index (κ1) is 19.8. The Morgan fingerprint density at radius 3 is 2.46 bits per heavy atom. The number of hydrogen-bond donors (Lipinski definition) is 1. The van der Waals surface area contributed by atoms with Crippen molar-refractivity contribution < 1.29 is 22.9 Å². The first-order valence-electron chi connectivity index (χ1n) is 8.13. The molecule has 7 heteroatoms. The molecular formula is C19H20FNO4S. The maximum absolute atomic E-state index is 12.9. The van der Waals surface area contributed by atoms with Gasteiger partial charge in [-0.25, -0.2) is 9.18 Å². The van der Waals surface area contributed by atoms with Gasteiger partial charge in [0.15, 0.2) is 6.10 Å². The van der Waals surface area contributed by atoms with Crippen molar-refractivity contribution in [1.29, 1.82) is 0 Å². The molecule has 26 heavy (non-hydrogen) atoms. The van der Waals surface area contributed by atoms with Crippen LogP contribution in [0.3, 0.4) is 0 Å². The smallest absolute Gasteiger partial charge is 0.340 e. The van der Waals surface area contributed by atoms with Crippen LogP contribution >= 0.6 is 0 Å². The van der Waals surface area contributed by atoms with Crippen LogP contribution in [0, 0.1) is 5.82 Å². The quantitative estimate of drug-likeness (QED) is 0.753. The Kier molecular flexibility index (Phi) is 7.03. The zero-order valence-corrected chi connectivity index (χ0v) is 15.3. The van der Waals surface area contributed by atoms with Crippen molar-refractivity contribution in [2.24, 2.45) is 0 Å². The van der Waals surface area contributed by atoms with Crippen LogP contribution in [-0.2, 0) is 26.9 Å². The molecule has 0 aliphatic rings. The van der Waals surface area contributed by atoms with Crippen LogP contribution in [0.2, 0.25) is 0 Å². The number of ether oxygens (including phenoxy) is 1. The Hall–Kier alpha value is -2.54. The highest BCUT2D eigenvalue weighted by Gasteiger charge is 2.21. The molecule has 2 aromatic rings. The molecule has 138 valence electrons. The largest absolute Gasteiger partial charge is 0.449 e. The molecule has 0 radical (unpaired) electrons. The predicted octanol–water partition coefficient (Wildman–Crippen LogP) is 2.81. The molecule has 1 N–H and O–H groups in total. The fourth-order valence-corrected chi connectivity index (χ4v) is 3.14.